The van der Waals surface area contributed by atoms with Crippen LogP contribution >= 0.6 is 27.5 Å². The molecule has 0 atom stereocenters. The van der Waals surface area contributed by atoms with Crippen LogP contribution in [0.2, 0.25) is 5.02 Å². The molecule has 0 aliphatic rings. The van der Waals surface area contributed by atoms with E-state index in [1.54, 1.807) is 25.2 Å². The van der Waals surface area contributed by atoms with Crippen LogP contribution in [0.15, 0.2) is 41.0 Å². The topological polar surface area (TPSA) is 42.4 Å². The van der Waals surface area contributed by atoms with Gasteiger partial charge in [0.2, 0.25) is 0 Å². The Kier molecular flexibility index (Phi) is 4.62. The molecule has 2 aromatic rings. The number of hydrogen-bond acceptors (Lipinski definition) is 3. The molecule has 20 heavy (non-hydrogen) atoms. The summed E-state index contributed by atoms with van der Waals surface area (Å²) in [6, 6.07) is 8.90. The van der Waals surface area contributed by atoms with Crippen LogP contribution in [-0.2, 0) is 0 Å². The molecule has 0 radical (unpaired) electrons. The molecule has 1 amide bonds. The molecule has 1 heterocycles. The number of carbonyl (C=O) groups is 1. The molecule has 6 heteroatoms. The molecule has 0 saturated heterocycles. The van der Waals surface area contributed by atoms with Crippen LogP contribution in [-0.4, -0.2) is 18.1 Å². The highest BCUT2D eigenvalue weighted by molar-refractivity contribution is 9.10. The molecule has 4 nitrogen and oxygen atoms in total. The van der Waals surface area contributed by atoms with Crippen LogP contribution in [0.4, 0.5) is 10.6 Å². The lowest BCUT2D eigenvalue weighted by atomic mass is 10.2. The Labute approximate surface area is 130 Å². The molecular formula is C14H12BrClN2O2. The first kappa shape index (κ1) is 14.8. The van der Waals surface area contributed by atoms with Crippen LogP contribution in [0.5, 0.6) is 5.75 Å². The third-order valence-corrected chi connectivity index (χ3v) is 3.40. The zero-order valence-corrected chi connectivity index (χ0v) is 13.3. The summed E-state index contributed by atoms with van der Waals surface area (Å²) in [7, 11) is 1.58. The molecular weight excluding hydrogens is 344 g/mol. The number of hydrogen-bond donors (Lipinski definition) is 0. The van der Waals surface area contributed by atoms with E-state index < -0.39 is 6.09 Å². The van der Waals surface area contributed by atoms with Gasteiger partial charge in [0.1, 0.15) is 5.75 Å². The summed E-state index contributed by atoms with van der Waals surface area (Å²) in [6.07, 6.45) is 0.946. The first-order valence-electron chi connectivity index (χ1n) is 5.80. The van der Waals surface area contributed by atoms with E-state index in [0.29, 0.717) is 21.1 Å². The van der Waals surface area contributed by atoms with E-state index in [9.17, 15) is 4.79 Å². The second-order valence-electron chi connectivity index (χ2n) is 4.20. The number of aromatic nitrogens is 1. The summed E-state index contributed by atoms with van der Waals surface area (Å²) in [6.45, 7) is 1.96. The maximum absolute atomic E-state index is 12.0. The highest BCUT2D eigenvalue weighted by atomic mass is 79.9. The van der Waals surface area contributed by atoms with Crippen LogP contribution < -0.4 is 9.64 Å². The molecule has 0 bridgehead atoms. The minimum absolute atomic E-state index is 0.437. The molecule has 2 rings (SSSR count). The maximum Gasteiger partial charge on any atom is 0.420 e. The van der Waals surface area contributed by atoms with Crippen molar-refractivity contribution in [2.75, 3.05) is 11.9 Å². The van der Waals surface area contributed by atoms with E-state index >= 15 is 0 Å². The zero-order valence-electron chi connectivity index (χ0n) is 10.9. The van der Waals surface area contributed by atoms with Gasteiger partial charge < -0.3 is 4.74 Å². The van der Waals surface area contributed by atoms with Crippen molar-refractivity contribution in [3.05, 3.63) is 51.6 Å². The minimum atomic E-state index is -0.524. The Morgan fingerprint density at radius 2 is 2.00 bits per heavy atom. The van der Waals surface area contributed by atoms with Gasteiger partial charge in [-0.15, -0.1) is 0 Å². The van der Waals surface area contributed by atoms with Crippen molar-refractivity contribution in [3.63, 3.8) is 0 Å². The summed E-state index contributed by atoms with van der Waals surface area (Å²) < 4.78 is 5.88. The maximum atomic E-state index is 12.0. The largest absolute Gasteiger partial charge is 0.420 e. The molecule has 104 valence electrons. The van der Waals surface area contributed by atoms with E-state index in [0.717, 1.165) is 5.56 Å². The van der Waals surface area contributed by atoms with Gasteiger partial charge in [-0.25, -0.2) is 9.78 Å². The molecule has 0 aliphatic carbocycles. The van der Waals surface area contributed by atoms with E-state index in [1.165, 1.54) is 11.1 Å². The predicted molar refractivity (Wildman–Crippen MR) is 82.6 cm³/mol. The third kappa shape index (κ3) is 3.49. The molecule has 0 N–H and O–H groups in total. The van der Waals surface area contributed by atoms with Crippen LogP contribution in [0.1, 0.15) is 5.56 Å². The van der Waals surface area contributed by atoms with Crippen LogP contribution in [0, 0.1) is 6.92 Å². The van der Waals surface area contributed by atoms with Gasteiger partial charge in [-0.1, -0.05) is 29.3 Å². The summed E-state index contributed by atoms with van der Waals surface area (Å²) in [5, 5.41) is 0.487. The number of rotatable bonds is 2. The molecule has 0 aliphatic heterocycles. The number of carbonyl (C=O) groups excluding carboxylic acids is 1. The first-order chi connectivity index (χ1) is 9.47. The van der Waals surface area contributed by atoms with Crippen molar-refractivity contribution >= 4 is 39.4 Å². The Bertz CT molecular complexity index is 632. The lowest BCUT2D eigenvalue weighted by molar-refractivity contribution is 0.209. The number of benzene rings is 1. The van der Waals surface area contributed by atoms with Gasteiger partial charge in [0.05, 0.1) is 9.50 Å². The molecule has 0 unspecified atom stereocenters. The van der Waals surface area contributed by atoms with E-state index in [2.05, 4.69) is 20.9 Å². The fourth-order valence-corrected chi connectivity index (χ4v) is 2.42. The quantitative estimate of drug-likeness (QED) is 0.799. The number of nitrogens with zero attached hydrogens (tertiary/aromatic N) is 2. The smallest absolute Gasteiger partial charge is 0.410 e. The molecule has 0 saturated carbocycles. The Hall–Kier alpha value is -1.59. The molecule has 0 spiro atoms. The van der Waals surface area contributed by atoms with E-state index in [-0.39, 0.29) is 0 Å². The van der Waals surface area contributed by atoms with E-state index in [4.69, 9.17) is 16.3 Å². The van der Waals surface area contributed by atoms with Crippen molar-refractivity contribution in [1.82, 2.24) is 4.98 Å². The molecule has 1 aromatic heterocycles. The number of amides is 1. The van der Waals surface area contributed by atoms with Crippen molar-refractivity contribution in [1.29, 1.82) is 0 Å². The summed E-state index contributed by atoms with van der Waals surface area (Å²) in [5.41, 5.74) is 1.10. The van der Waals surface area contributed by atoms with Gasteiger partial charge in [0.15, 0.2) is 5.82 Å². The van der Waals surface area contributed by atoms with Gasteiger partial charge in [0, 0.05) is 13.2 Å². The lowest BCUT2D eigenvalue weighted by Gasteiger charge is -2.17. The monoisotopic (exact) mass is 354 g/mol. The molecule has 1 aromatic carbocycles. The first-order valence-corrected chi connectivity index (χ1v) is 6.97. The normalized spacial score (nSPS) is 10.2. The number of ether oxygens (including phenoxy) is 1. The Balaban J connectivity index is 2.14. The molecule has 0 fully saturated rings. The second-order valence-corrected chi connectivity index (χ2v) is 5.49. The Morgan fingerprint density at radius 3 is 2.60 bits per heavy atom. The van der Waals surface area contributed by atoms with Gasteiger partial charge >= 0.3 is 6.09 Å². The predicted octanol–water partition coefficient (Wildman–Crippen LogP) is 4.44. The number of anilines is 1. The fourth-order valence-electron chi connectivity index (χ4n) is 1.52. The van der Waals surface area contributed by atoms with E-state index in [1.807, 2.05) is 19.1 Å². The van der Waals surface area contributed by atoms with Crippen molar-refractivity contribution in [2.45, 2.75) is 6.92 Å². The lowest BCUT2D eigenvalue weighted by Crippen LogP contribution is -2.30. The van der Waals surface area contributed by atoms with Crippen LogP contribution in [0.25, 0.3) is 0 Å². The third-order valence-electron chi connectivity index (χ3n) is 2.61. The van der Waals surface area contributed by atoms with Gasteiger partial charge in [-0.3, -0.25) is 4.90 Å². The standard InChI is InChI=1S/C14H12BrClN2O2/c1-9-3-5-11(6-4-9)20-14(19)18(2)13-12(15)7-10(16)8-17-13/h3-8H,1-2H3. The Morgan fingerprint density at radius 1 is 1.35 bits per heavy atom. The summed E-state index contributed by atoms with van der Waals surface area (Å²) in [5.74, 6) is 0.920. The average Bonchev–Trinajstić information content (AvgIpc) is 2.40. The van der Waals surface area contributed by atoms with Crippen LogP contribution in [0.3, 0.4) is 0 Å². The average molecular weight is 356 g/mol. The number of pyridine rings is 1. The summed E-state index contributed by atoms with van der Waals surface area (Å²) in [4.78, 5) is 17.5. The van der Waals surface area contributed by atoms with Crippen molar-refractivity contribution in [3.8, 4) is 5.75 Å². The highest BCUT2D eigenvalue weighted by Crippen LogP contribution is 2.26. The fraction of sp³-hybridized carbons (Fsp3) is 0.143. The number of halogens is 2. The van der Waals surface area contributed by atoms with Gasteiger partial charge in [-0.05, 0) is 41.1 Å². The number of aryl methyl sites for hydroxylation is 1. The zero-order chi connectivity index (χ0) is 14.7. The van der Waals surface area contributed by atoms with Crippen molar-refractivity contribution < 1.29 is 9.53 Å². The minimum Gasteiger partial charge on any atom is -0.410 e. The van der Waals surface area contributed by atoms with Gasteiger partial charge in [-0.2, -0.15) is 0 Å². The van der Waals surface area contributed by atoms with Crippen molar-refractivity contribution in [2.24, 2.45) is 0 Å². The second kappa shape index (κ2) is 6.24. The highest BCUT2D eigenvalue weighted by Gasteiger charge is 2.17. The summed E-state index contributed by atoms with van der Waals surface area (Å²) >= 11 is 9.13. The SMILES string of the molecule is Cc1ccc(OC(=O)N(C)c2ncc(Cl)cc2Br)cc1. The van der Waals surface area contributed by atoms with Gasteiger partial charge in [0.25, 0.3) is 0 Å².